The highest BCUT2D eigenvalue weighted by atomic mass is 16.5. The number of rotatable bonds is 7. The molecule has 0 fully saturated rings. The van der Waals surface area contributed by atoms with Gasteiger partial charge in [-0.1, -0.05) is 27.2 Å². The molecule has 82 valence electrons. The van der Waals surface area contributed by atoms with Gasteiger partial charge in [0, 0.05) is 6.42 Å². The first-order chi connectivity index (χ1) is 6.57. The van der Waals surface area contributed by atoms with Crippen LogP contribution in [0, 0.1) is 5.92 Å². The van der Waals surface area contributed by atoms with Crippen LogP contribution >= 0.6 is 0 Å². The van der Waals surface area contributed by atoms with Gasteiger partial charge in [0.25, 0.3) is 0 Å². The van der Waals surface area contributed by atoms with E-state index in [0.29, 0.717) is 18.9 Å². The second-order valence-corrected chi connectivity index (χ2v) is 3.85. The molecule has 0 N–H and O–H groups in total. The van der Waals surface area contributed by atoms with Crippen LogP contribution in [-0.2, 0) is 14.3 Å². The zero-order chi connectivity index (χ0) is 11.0. The van der Waals surface area contributed by atoms with Gasteiger partial charge >= 0.3 is 5.97 Å². The molecular weight excluding hydrogens is 180 g/mol. The largest absolute Gasteiger partial charge is 0.460 e. The van der Waals surface area contributed by atoms with Gasteiger partial charge in [-0.2, -0.15) is 0 Å². The second kappa shape index (κ2) is 7.54. The highest BCUT2D eigenvalue weighted by molar-refractivity contribution is 6.33. The lowest BCUT2D eigenvalue weighted by Crippen LogP contribution is -2.18. The number of esters is 1. The van der Waals surface area contributed by atoms with Crippen molar-refractivity contribution in [1.82, 2.24) is 0 Å². The molecular formula is C11H20O3. The maximum absolute atomic E-state index is 11.1. The number of Topliss-reactive ketones (excluding diaryl/α,β-unsaturated/α-hetero) is 1. The number of carbonyl (C=O) groups excluding carboxylic acids is 2. The molecule has 0 saturated heterocycles. The molecule has 0 spiro atoms. The monoisotopic (exact) mass is 200 g/mol. The Morgan fingerprint density at radius 3 is 2.43 bits per heavy atom. The molecule has 0 saturated carbocycles. The van der Waals surface area contributed by atoms with Crippen LogP contribution in [0.3, 0.4) is 0 Å². The molecule has 0 aliphatic rings. The van der Waals surface area contributed by atoms with Crippen molar-refractivity contribution in [3.05, 3.63) is 0 Å². The van der Waals surface area contributed by atoms with Crippen LogP contribution in [0.2, 0.25) is 0 Å². The molecule has 0 amide bonds. The first kappa shape index (κ1) is 13.1. The summed E-state index contributed by atoms with van der Waals surface area (Å²) in [5.41, 5.74) is 0. The minimum Gasteiger partial charge on any atom is -0.460 e. The van der Waals surface area contributed by atoms with Crippen molar-refractivity contribution in [3.63, 3.8) is 0 Å². The van der Waals surface area contributed by atoms with Gasteiger partial charge in [-0.05, 0) is 18.8 Å². The quantitative estimate of drug-likeness (QED) is 0.468. The molecule has 14 heavy (non-hydrogen) atoms. The number of carbonyl (C=O) groups is 2. The van der Waals surface area contributed by atoms with Crippen molar-refractivity contribution in [2.24, 2.45) is 5.92 Å². The standard InChI is InChI=1S/C11H20O3/c1-4-5-6-10(12)11(13)14-8-7-9(2)3/h9H,4-8H2,1-3H3. The molecule has 0 atom stereocenters. The molecule has 0 radical (unpaired) electrons. The Labute approximate surface area is 85.8 Å². The highest BCUT2D eigenvalue weighted by Crippen LogP contribution is 2.01. The van der Waals surface area contributed by atoms with E-state index in [4.69, 9.17) is 4.74 Å². The summed E-state index contributed by atoms with van der Waals surface area (Å²) in [4.78, 5) is 22.2. The van der Waals surface area contributed by atoms with Gasteiger partial charge in [0.05, 0.1) is 6.61 Å². The molecule has 0 aromatic rings. The van der Waals surface area contributed by atoms with Gasteiger partial charge in [0.15, 0.2) is 0 Å². The number of ether oxygens (including phenoxy) is 1. The fraction of sp³-hybridized carbons (Fsp3) is 0.818. The minimum absolute atomic E-state index is 0.316. The maximum atomic E-state index is 11.1. The molecule has 0 bridgehead atoms. The molecule has 0 aliphatic carbocycles. The van der Waals surface area contributed by atoms with Crippen molar-refractivity contribution in [2.75, 3.05) is 6.61 Å². The molecule has 0 aromatic heterocycles. The van der Waals surface area contributed by atoms with E-state index in [1.54, 1.807) is 0 Å². The van der Waals surface area contributed by atoms with Crippen molar-refractivity contribution in [1.29, 1.82) is 0 Å². The van der Waals surface area contributed by atoms with Crippen LogP contribution in [0.25, 0.3) is 0 Å². The zero-order valence-electron chi connectivity index (χ0n) is 9.34. The Balaban J connectivity index is 3.57. The van der Waals surface area contributed by atoms with E-state index >= 15 is 0 Å². The summed E-state index contributed by atoms with van der Waals surface area (Å²) in [5.74, 6) is -0.566. The summed E-state index contributed by atoms with van der Waals surface area (Å²) < 4.78 is 4.82. The van der Waals surface area contributed by atoms with Crippen LogP contribution in [0.5, 0.6) is 0 Å². The molecule has 3 nitrogen and oxygen atoms in total. The summed E-state index contributed by atoms with van der Waals surface area (Å²) in [6.45, 7) is 6.44. The third-order valence-electron chi connectivity index (χ3n) is 1.91. The SMILES string of the molecule is CCCCC(=O)C(=O)OCCC(C)C. The van der Waals surface area contributed by atoms with E-state index in [9.17, 15) is 9.59 Å². The highest BCUT2D eigenvalue weighted by Gasteiger charge is 2.13. The average Bonchev–Trinajstić information content (AvgIpc) is 2.13. The molecule has 0 rings (SSSR count). The minimum atomic E-state index is -0.667. The predicted octanol–water partition coefficient (Wildman–Crippen LogP) is 2.33. The van der Waals surface area contributed by atoms with Crippen LogP contribution in [-0.4, -0.2) is 18.4 Å². The molecule has 3 heteroatoms. The van der Waals surface area contributed by atoms with Crippen LogP contribution < -0.4 is 0 Å². The Kier molecular flexibility index (Phi) is 7.07. The smallest absolute Gasteiger partial charge is 0.374 e. The summed E-state index contributed by atoms with van der Waals surface area (Å²) >= 11 is 0. The lowest BCUT2D eigenvalue weighted by Gasteiger charge is -2.05. The normalized spacial score (nSPS) is 10.3. The number of ketones is 1. The van der Waals surface area contributed by atoms with Gasteiger partial charge in [0.1, 0.15) is 0 Å². The second-order valence-electron chi connectivity index (χ2n) is 3.85. The summed E-state index contributed by atoms with van der Waals surface area (Å²) in [5, 5.41) is 0. The van der Waals surface area contributed by atoms with Crippen molar-refractivity contribution < 1.29 is 14.3 Å². The first-order valence-corrected chi connectivity index (χ1v) is 5.27. The number of hydrogen-bond acceptors (Lipinski definition) is 3. The topological polar surface area (TPSA) is 43.4 Å². The Morgan fingerprint density at radius 2 is 1.93 bits per heavy atom. The number of unbranched alkanes of at least 4 members (excludes halogenated alkanes) is 1. The van der Waals surface area contributed by atoms with Gasteiger partial charge in [-0.25, -0.2) is 4.79 Å². The first-order valence-electron chi connectivity index (χ1n) is 5.27. The van der Waals surface area contributed by atoms with Gasteiger partial charge in [-0.15, -0.1) is 0 Å². The average molecular weight is 200 g/mol. The Bertz CT molecular complexity index is 185. The van der Waals surface area contributed by atoms with E-state index in [1.807, 2.05) is 20.8 Å². The van der Waals surface area contributed by atoms with Gasteiger partial charge < -0.3 is 4.74 Å². The Morgan fingerprint density at radius 1 is 1.29 bits per heavy atom. The van der Waals surface area contributed by atoms with E-state index in [0.717, 1.165) is 19.3 Å². The lowest BCUT2D eigenvalue weighted by molar-refractivity contribution is -0.154. The van der Waals surface area contributed by atoms with Crippen LogP contribution in [0.1, 0.15) is 46.5 Å². The van der Waals surface area contributed by atoms with E-state index in [1.165, 1.54) is 0 Å². The summed E-state index contributed by atoms with van der Waals surface area (Å²) in [7, 11) is 0. The lowest BCUT2D eigenvalue weighted by atomic mass is 10.1. The summed E-state index contributed by atoms with van der Waals surface area (Å²) in [6, 6.07) is 0. The molecule has 0 aliphatic heterocycles. The van der Waals surface area contributed by atoms with Crippen molar-refractivity contribution in [2.45, 2.75) is 46.5 Å². The number of hydrogen-bond donors (Lipinski definition) is 0. The fourth-order valence-electron chi connectivity index (χ4n) is 0.907. The van der Waals surface area contributed by atoms with E-state index < -0.39 is 11.8 Å². The predicted molar refractivity (Wildman–Crippen MR) is 54.9 cm³/mol. The van der Waals surface area contributed by atoms with Crippen molar-refractivity contribution in [3.8, 4) is 0 Å². The zero-order valence-corrected chi connectivity index (χ0v) is 9.34. The third-order valence-corrected chi connectivity index (χ3v) is 1.91. The molecule has 0 unspecified atom stereocenters. The van der Waals surface area contributed by atoms with E-state index in [2.05, 4.69) is 0 Å². The van der Waals surface area contributed by atoms with Gasteiger partial charge in [-0.3, -0.25) is 4.79 Å². The summed E-state index contributed by atoms with van der Waals surface area (Å²) in [6.07, 6.45) is 2.81. The van der Waals surface area contributed by atoms with E-state index in [-0.39, 0.29) is 0 Å². The molecule has 0 heterocycles. The fourth-order valence-corrected chi connectivity index (χ4v) is 0.907. The maximum Gasteiger partial charge on any atom is 0.374 e. The third kappa shape index (κ3) is 6.63. The Hall–Kier alpha value is -0.860. The van der Waals surface area contributed by atoms with Crippen LogP contribution in [0.15, 0.2) is 0 Å². The van der Waals surface area contributed by atoms with Crippen LogP contribution in [0.4, 0.5) is 0 Å². The molecule has 0 aromatic carbocycles. The van der Waals surface area contributed by atoms with Crippen molar-refractivity contribution >= 4 is 11.8 Å². The van der Waals surface area contributed by atoms with Gasteiger partial charge in [0.2, 0.25) is 5.78 Å².